The number of carbonyl (C=O) groups excluding carboxylic acids is 1. The second kappa shape index (κ2) is 6.70. The van der Waals surface area contributed by atoms with Gasteiger partial charge in [0.25, 0.3) is 5.69 Å². The highest BCUT2D eigenvalue weighted by atomic mass is 32.1. The molecule has 7 heteroatoms. The number of nitro groups is 1. The van der Waals surface area contributed by atoms with Crippen LogP contribution in [0.4, 0.5) is 10.8 Å². The van der Waals surface area contributed by atoms with Gasteiger partial charge in [0.05, 0.1) is 10.6 Å². The van der Waals surface area contributed by atoms with Crippen LogP contribution in [0.1, 0.15) is 29.0 Å². The van der Waals surface area contributed by atoms with Crippen molar-refractivity contribution in [3.8, 4) is 0 Å². The molecular formula is C16H15N3O3S. The molecule has 0 fully saturated rings. The Bertz CT molecular complexity index is 742. The van der Waals surface area contributed by atoms with Crippen molar-refractivity contribution in [3.63, 3.8) is 0 Å². The number of benzene rings is 1. The molecule has 1 aromatic carbocycles. The Morgan fingerprint density at radius 1 is 1.26 bits per heavy atom. The van der Waals surface area contributed by atoms with Crippen LogP contribution in [0.5, 0.6) is 0 Å². The summed E-state index contributed by atoms with van der Waals surface area (Å²) in [6.07, 6.45) is 7.39. The molecular weight excluding hydrogens is 314 g/mol. The molecule has 0 saturated carbocycles. The predicted octanol–water partition coefficient (Wildman–Crippen LogP) is 3.58. The van der Waals surface area contributed by atoms with Crippen molar-refractivity contribution in [1.29, 1.82) is 0 Å². The Labute approximate surface area is 137 Å². The third-order valence-corrected chi connectivity index (χ3v) is 4.68. The van der Waals surface area contributed by atoms with Gasteiger partial charge in [-0.1, -0.05) is 0 Å². The molecule has 1 aromatic heterocycles. The minimum Gasteiger partial charge on any atom is -0.298 e. The summed E-state index contributed by atoms with van der Waals surface area (Å²) < 4.78 is 0. The Morgan fingerprint density at radius 2 is 2.00 bits per heavy atom. The quantitative estimate of drug-likeness (QED) is 0.528. The van der Waals surface area contributed by atoms with Crippen LogP contribution < -0.4 is 5.32 Å². The molecule has 1 aliphatic carbocycles. The van der Waals surface area contributed by atoms with Crippen LogP contribution in [-0.4, -0.2) is 15.8 Å². The molecule has 118 valence electrons. The lowest BCUT2D eigenvalue weighted by Gasteiger charge is -2.06. The van der Waals surface area contributed by atoms with Gasteiger partial charge in [0.2, 0.25) is 5.91 Å². The first-order valence-electron chi connectivity index (χ1n) is 7.34. The number of thiazole rings is 1. The molecule has 0 radical (unpaired) electrons. The van der Waals surface area contributed by atoms with Crippen molar-refractivity contribution in [1.82, 2.24) is 4.98 Å². The van der Waals surface area contributed by atoms with Crippen LogP contribution in [0, 0.1) is 10.1 Å². The van der Waals surface area contributed by atoms with E-state index < -0.39 is 4.92 Å². The van der Waals surface area contributed by atoms with Gasteiger partial charge in [0.15, 0.2) is 5.13 Å². The smallest absolute Gasteiger partial charge is 0.269 e. The van der Waals surface area contributed by atoms with Crippen LogP contribution in [0.15, 0.2) is 30.3 Å². The van der Waals surface area contributed by atoms with Crippen LogP contribution in [0.3, 0.4) is 0 Å². The monoisotopic (exact) mass is 329 g/mol. The van der Waals surface area contributed by atoms with Crippen LogP contribution in [0.2, 0.25) is 0 Å². The van der Waals surface area contributed by atoms with Crippen molar-refractivity contribution in [3.05, 3.63) is 56.6 Å². The Morgan fingerprint density at radius 3 is 2.70 bits per heavy atom. The molecule has 0 saturated heterocycles. The highest BCUT2D eigenvalue weighted by molar-refractivity contribution is 7.15. The number of fused-ring (bicyclic) bond motifs is 1. The molecule has 23 heavy (non-hydrogen) atoms. The number of amides is 1. The maximum absolute atomic E-state index is 11.9. The molecule has 1 amide bonds. The Balaban J connectivity index is 1.62. The van der Waals surface area contributed by atoms with E-state index in [0.717, 1.165) is 30.5 Å². The minimum atomic E-state index is -0.454. The third kappa shape index (κ3) is 3.81. The largest absolute Gasteiger partial charge is 0.298 e. The summed E-state index contributed by atoms with van der Waals surface area (Å²) >= 11 is 1.54. The van der Waals surface area contributed by atoms with Crippen LogP contribution in [0.25, 0.3) is 6.08 Å². The molecule has 0 aliphatic heterocycles. The van der Waals surface area contributed by atoms with E-state index in [1.165, 1.54) is 40.8 Å². The van der Waals surface area contributed by atoms with E-state index in [0.29, 0.717) is 5.13 Å². The topological polar surface area (TPSA) is 85.1 Å². The van der Waals surface area contributed by atoms with E-state index >= 15 is 0 Å². The lowest BCUT2D eigenvalue weighted by molar-refractivity contribution is -0.384. The average molecular weight is 329 g/mol. The number of nitrogens with one attached hydrogen (secondary N) is 1. The highest BCUT2D eigenvalue weighted by Gasteiger charge is 2.15. The Hall–Kier alpha value is -2.54. The fraction of sp³-hybridized carbons (Fsp3) is 0.250. The number of rotatable bonds is 4. The van der Waals surface area contributed by atoms with Crippen molar-refractivity contribution >= 4 is 34.1 Å². The zero-order valence-corrected chi connectivity index (χ0v) is 13.1. The molecule has 0 atom stereocenters. The molecule has 0 bridgehead atoms. The summed E-state index contributed by atoms with van der Waals surface area (Å²) in [4.78, 5) is 27.8. The van der Waals surface area contributed by atoms with E-state index in [4.69, 9.17) is 0 Å². The third-order valence-electron chi connectivity index (χ3n) is 3.61. The molecule has 2 aromatic rings. The number of non-ortho nitro benzene ring substituents is 1. The summed E-state index contributed by atoms with van der Waals surface area (Å²) in [5.41, 5.74) is 1.86. The van der Waals surface area contributed by atoms with Gasteiger partial charge in [0.1, 0.15) is 0 Å². The van der Waals surface area contributed by atoms with E-state index in [2.05, 4.69) is 10.3 Å². The van der Waals surface area contributed by atoms with Gasteiger partial charge in [-0.2, -0.15) is 0 Å². The van der Waals surface area contributed by atoms with E-state index in [-0.39, 0.29) is 11.6 Å². The first-order valence-corrected chi connectivity index (χ1v) is 8.15. The van der Waals surface area contributed by atoms with Crippen LogP contribution >= 0.6 is 11.3 Å². The Kier molecular flexibility index (Phi) is 4.47. The standard InChI is InChI=1S/C16H15N3O3S/c20-15(10-7-11-5-8-12(9-6-11)19(21)22)18-16-17-13-3-1-2-4-14(13)23-16/h5-10H,1-4H2,(H,17,18,20)/b10-7-. The summed E-state index contributed by atoms with van der Waals surface area (Å²) in [5, 5.41) is 14.0. The fourth-order valence-electron chi connectivity index (χ4n) is 2.43. The normalized spacial score (nSPS) is 13.7. The summed E-state index contributed by atoms with van der Waals surface area (Å²) in [6.45, 7) is 0. The van der Waals surface area contributed by atoms with Gasteiger partial charge in [-0.05, 0) is 49.5 Å². The molecule has 0 spiro atoms. The number of aryl methyl sites for hydroxylation is 2. The van der Waals surface area contributed by atoms with Crippen LogP contribution in [-0.2, 0) is 17.6 Å². The molecule has 3 rings (SSSR count). The van der Waals surface area contributed by atoms with E-state index in [9.17, 15) is 14.9 Å². The van der Waals surface area contributed by atoms with Gasteiger partial charge < -0.3 is 0 Å². The molecule has 1 heterocycles. The average Bonchev–Trinajstić information content (AvgIpc) is 2.95. The van der Waals surface area contributed by atoms with Gasteiger partial charge >= 0.3 is 0 Å². The fourth-order valence-corrected chi connectivity index (χ4v) is 3.48. The lowest BCUT2D eigenvalue weighted by atomic mass is 10.0. The van der Waals surface area contributed by atoms with Gasteiger partial charge in [-0.15, -0.1) is 11.3 Å². The molecule has 1 N–H and O–H groups in total. The number of hydrogen-bond acceptors (Lipinski definition) is 5. The first-order chi connectivity index (χ1) is 11.1. The van der Waals surface area contributed by atoms with Crippen molar-refractivity contribution in [2.24, 2.45) is 0 Å². The second-order valence-corrected chi connectivity index (χ2v) is 6.35. The predicted molar refractivity (Wildman–Crippen MR) is 89.5 cm³/mol. The molecule has 6 nitrogen and oxygen atoms in total. The molecule has 1 aliphatic rings. The number of hydrogen-bond donors (Lipinski definition) is 1. The van der Waals surface area contributed by atoms with Gasteiger partial charge in [-0.25, -0.2) is 4.98 Å². The maximum atomic E-state index is 11.9. The van der Waals surface area contributed by atoms with E-state index in [1.54, 1.807) is 18.2 Å². The SMILES string of the molecule is O=C(/C=C\c1ccc([N+](=O)[O-])cc1)Nc1nc2c(s1)CCCC2. The highest BCUT2D eigenvalue weighted by Crippen LogP contribution is 2.29. The summed E-state index contributed by atoms with van der Waals surface area (Å²) in [7, 11) is 0. The lowest BCUT2D eigenvalue weighted by Crippen LogP contribution is -2.07. The molecule has 0 unspecified atom stereocenters. The van der Waals surface area contributed by atoms with Crippen molar-refractivity contribution in [2.75, 3.05) is 5.32 Å². The van der Waals surface area contributed by atoms with Crippen molar-refractivity contribution < 1.29 is 9.72 Å². The van der Waals surface area contributed by atoms with E-state index in [1.807, 2.05) is 0 Å². The zero-order chi connectivity index (χ0) is 16.2. The summed E-state index contributed by atoms with van der Waals surface area (Å²) in [5.74, 6) is -0.255. The number of anilines is 1. The summed E-state index contributed by atoms with van der Waals surface area (Å²) in [6, 6.07) is 6.02. The number of nitrogens with zero attached hydrogens (tertiary/aromatic N) is 2. The first kappa shape index (κ1) is 15.4. The minimum absolute atomic E-state index is 0.0277. The van der Waals surface area contributed by atoms with Gasteiger partial charge in [-0.3, -0.25) is 20.2 Å². The number of nitro benzene ring substituents is 1. The number of aromatic nitrogens is 1. The van der Waals surface area contributed by atoms with Gasteiger partial charge in [0, 0.05) is 23.1 Å². The van der Waals surface area contributed by atoms with Crippen molar-refractivity contribution in [2.45, 2.75) is 25.7 Å². The zero-order valence-electron chi connectivity index (χ0n) is 12.3. The number of carbonyl (C=O) groups is 1. The second-order valence-electron chi connectivity index (χ2n) is 5.27. The maximum Gasteiger partial charge on any atom is 0.269 e.